The third-order valence-electron chi connectivity index (χ3n) is 5.05. The van der Waals surface area contributed by atoms with Crippen molar-refractivity contribution >= 4 is 42.9 Å². The van der Waals surface area contributed by atoms with E-state index < -0.39 is 0 Å². The van der Waals surface area contributed by atoms with E-state index >= 15 is 0 Å². The third kappa shape index (κ3) is 3.50. The first kappa shape index (κ1) is 21.5. The summed E-state index contributed by atoms with van der Waals surface area (Å²) >= 11 is 0. The molecule has 1 aliphatic carbocycles. The number of nitriles is 1. The van der Waals surface area contributed by atoms with E-state index in [0.717, 1.165) is 35.8 Å². The minimum atomic E-state index is -0.227. The molecule has 1 N–H and O–H groups in total. The van der Waals surface area contributed by atoms with Crippen LogP contribution in [0.1, 0.15) is 30.9 Å². The van der Waals surface area contributed by atoms with Crippen LogP contribution in [-0.4, -0.2) is 37.2 Å². The quantitative estimate of drug-likeness (QED) is 0.690. The molecule has 3 aromatic heterocycles. The number of nitrogens with zero attached hydrogens (tertiary/aromatic N) is 6. The lowest BCUT2D eigenvalue weighted by Crippen LogP contribution is -2.60. The van der Waals surface area contributed by atoms with Gasteiger partial charge in [0.25, 0.3) is 0 Å². The Morgan fingerprint density at radius 2 is 2.04 bits per heavy atom. The Morgan fingerprint density at radius 3 is 2.67 bits per heavy atom. The summed E-state index contributed by atoms with van der Waals surface area (Å²) in [5.41, 5.74) is 2.78. The van der Waals surface area contributed by atoms with Gasteiger partial charge in [-0.2, -0.15) is 10.4 Å². The largest absolute Gasteiger partial charge is 0.312 e. The molecule has 10 heteroatoms. The molecule has 7 nitrogen and oxygen atoms in total. The Balaban J connectivity index is 0.000000871. The van der Waals surface area contributed by atoms with Crippen molar-refractivity contribution in [2.75, 3.05) is 13.1 Å². The average Bonchev–Trinajstić information content (AvgIpc) is 3.10. The fourth-order valence-corrected chi connectivity index (χ4v) is 3.36. The lowest BCUT2D eigenvalue weighted by molar-refractivity contribution is 0.160. The Kier molecular flexibility index (Phi) is 6.38. The maximum Gasteiger partial charge on any atom is 0.149 e. The van der Waals surface area contributed by atoms with E-state index in [2.05, 4.69) is 27.5 Å². The lowest BCUT2D eigenvalue weighted by Gasteiger charge is -2.41. The molecule has 0 spiro atoms. The molecule has 0 bridgehead atoms. The summed E-state index contributed by atoms with van der Waals surface area (Å²) in [6, 6.07) is 4.37. The van der Waals surface area contributed by atoms with Crippen LogP contribution in [0.25, 0.3) is 17.0 Å². The molecule has 144 valence electrons. The molecule has 1 saturated heterocycles. The molecule has 27 heavy (non-hydrogen) atoms. The maximum atomic E-state index is 9.13. The molecule has 0 amide bonds. The van der Waals surface area contributed by atoms with Crippen LogP contribution in [0.15, 0.2) is 30.9 Å². The number of hydrogen-bond donors (Lipinski definition) is 1. The molecule has 0 atom stereocenters. The van der Waals surface area contributed by atoms with Crippen LogP contribution in [0.2, 0.25) is 0 Å². The fraction of sp³-hybridized carbons (Fsp3) is 0.412. The number of fused-ring (bicyclic) bond motifs is 1. The van der Waals surface area contributed by atoms with Gasteiger partial charge in [0.15, 0.2) is 0 Å². The van der Waals surface area contributed by atoms with Crippen molar-refractivity contribution < 1.29 is 0 Å². The monoisotopic (exact) mass is 427 g/mol. The molecule has 2 aliphatic rings. The van der Waals surface area contributed by atoms with Crippen LogP contribution in [0, 0.1) is 11.3 Å². The smallest absolute Gasteiger partial charge is 0.149 e. The first-order valence-corrected chi connectivity index (χ1v) is 8.26. The molecule has 0 unspecified atom stereocenters. The summed E-state index contributed by atoms with van der Waals surface area (Å²) < 4.78 is 3.93. The molecule has 1 aliphatic heterocycles. The van der Waals surface area contributed by atoms with Gasteiger partial charge in [0.2, 0.25) is 0 Å². The van der Waals surface area contributed by atoms with E-state index in [0.29, 0.717) is 12.3 Å². The van der Waals surface area contributed by atoms with Gasteiger partial charge in [-0.05, 0) is 12.8 Å². The molecular formula is C17H20Cl3N7. The van der Waals surface area contributed by atoms with Crippen molar-refractivity contribution in [3.8, 4) is 17.5 Å². The molecule has 4 heterocycles. The second-order valence-corrected chi connectivity index (χ2v) is 6.77. The van der Waals surface area contributed by atoms with Gasteiger partial charge < -0.3 is 5.32 Å². The van der Waals surface area contributed by atoms with E-state index in [-0.39, 0.29) is 42.8 Å². The van der Waals surface area contributed by atoms with Crippen LogP contribution in [0.5, 0.6) is 0 Å². The van der Waals surface area contributed by atoms with Crippen molar-refractivity contribution in [1.29, 1.82) is 5.26 Å². The van der Waals surface area contributed by atoms with Crippen LogP contribution in [0.4, 0.5) is 0 Å². The van der Waals surface area contributed by atoms with Crippen LogP contribution < -0.4 is 5.32 Å². The number of imidazole rings is 1. The van der Waals surface area contributed by atoms with E-state index in [1.165, 1.54) is 12.8 Å². The zero-order valence-corrected chi connectivity index (χ0v) is 16.9. The number of hydrogen-bond acceptors (Lipinski definition) is 5. The highest BCUT2D eigenvalue weighted by molar-refractivity contribution is 5.86. The molecule has 2 fully saturated rings. The van der Waals surface area contributed by atoms with Gasteiger partial charge in [-0.3, -0.25) is 9.08 Å². The molecule has 3 aromatic rings. The Bertz CT molecular complexity index is 966. The topological polar surface area (TPSA) is 83.8 Å². The van der Waals surface area contributed by atoms with Gasteiger partial charge >= 0.3 is 0 Å². The molecule has 5 rings (SSSR count). The van der Waals surface area contributed by atoms with Crippen LogP contribution in [-0.2, 0) is 5.54 Å². The second-order valence-electron chi connectivity index (χ2n) is 6.77. The highest BCUT2D eigenvalue weighted by atomic mass is 35.5. The average molecular weight is 429 g/mol. The number of nitrogens with one attached hydrogen (secondary N) is 1. The van der Waals surface area contributed by atoms with Crippen LogP contribution in [0.3, 0.4) is 0 Å². The zero-order chi connectivity index (χ0) is 16.1. The minimum absolute atomic E-state index is 0. The molecule has 1 saturated carbocycles. The van der Waals surface area contributed by atoms with Crippen LogP contribution >= 0.6 is 37.2 Å². The van der Waals surface area contributed by atoms with Gasteiger partial charge in [-0.15, -0.1) is 37.2 Å². The predicted octanol–water partition coefficient (Wildman–Crippen LogP) is 2.95. The second kappa shape index (κ2) is 8.03. The number of rotatable bonds is 4. The van der Waals surface area contributed by atoms with Crippen molar-refractivity contribution in [2.24, 2.45) is 0 Å². The van der Waals surface area contributed by atoms with Crippen molar-refractivity contribution in [2.45, 2.75) is 30.7 Å². The minimum Gasteiger partial charge on any atom is -0.312 e. The summed E-state index contributed by atoms with van der Waals surface area (Å²) in [5.74, 6) is 1.44. The van der Waals surface area contributed by atoms with Crippen molar-refractivity contribution in [3.05, 3.63) is 36.5 Å². The van der Waals surface area contributed by atoms with E-state index in [4.69, 9.17) is 10.2 Å². The first-order chi connectivity index (χ1) is 11.8. The Morgan fingerprint density at radius 1 is 1.26 bits per heavy atom. The predicted molar refractivity (Wildman–Crippen MR) is 109 cm³/mol. The van der Waals surface area contributed by atoms with Crippen molar-refractivity contribution in [1.82, 2.24) is 29.5 Å². The molecule has 0 aromatic carbocycles. The fourth-order valence-electron chi connectivity index (χ4n) is 3.36. The number of halogens is 3. The standard InChI is InChI=1S/C17H17N7.3ClH/c18-4-3-17(10-19-11-17)24-9-13(8-21-24)16-22-14(12-1-2-12)7-15-20-5-6-23(15)16;;;/h5-9,12,19H,1-3,10-11H2;3*1H. The third-order valence-corrected chi connectivity index (χ3v) is 5.05. The summed E-state index contributed by atoms with van der Waals surface area (Å²) in [6.07, 6.45) is 10.5. The molecular weight excluding hydrogens is 409 g/mol. The number of aromatic nitrogens is 5. The van der Waals surface area contributed by atoms with Crippen molar-refractivity contribution in [3.63, 3.8) is 0 Å². The summed E-state index contributed by atoms with van der Waals surface area (Å²) in [7, 11) is 0. The molecule has 0 radical (unpaired) electrons. The van der Waals surface area contributed by atoms with E-state index in [1.807, 2.05) is 27.7 Å². The van der Waals surface area contributed by atoms with Gasteiger partial charge in [-0.1, -0.05) is 0 Å². The zero-order valence-electron chi connectivity index (χ0n) is 14.4. The lowest BCUT2D eigenvalue weighted by atomic mass is 9.89. The summed E-state index contributed by atoms with van der Waals surface area (Å²) in [6.45, 7) is 1.55. The summed E-state index contributed by atoms with van der Waals surface area (Å²) in [5, 5.41) is 16.9. The Hall–Kier alpha value is -1.85. The SMILES string of the molecule is Cl.Cl.Cl.N#CCC1(n2cc(-c3nc(C4CC4)cc4nccn34)cn2)CNC1. The van der Waals surface area contributed by atoms with Gasteiger partial charge in [0.05, 0.1) is 24.3 Å². The van der Waals surface area contributed by atoms with E-state index in [9.17, 15) is 0 Å². The normalized spacial score (nSPS) is 17.0. The van der Waals surface area contributed by atoms with Gasteiger partial charge in [-0.25, -0.2) is 9.97 Å². The van der Waals surface area contributed by atoms with Gasteiger partial charge in [0, 0.05) is 49.4 Å². The Labute approximate surface area is 175 Å². The maximum absolute atomic E-state index is 9.13. The highest BCUT2D eigenvalue weighted by Crippen LogP contribution is 2.40. The van der Waals surface area contributed by atoms with E-state index in [1.54, 1.807) is 6.20 Å². The highest BCUT2D eigenvalue weighted by Gasteiger charge is 2.39. The summed E-state index contributed by atoms with van der Waals surface area (Å²) in [4.78, 5) is 9.31. The van der Waals surface area contributed by atoms with Gasteiger partial charge in [0.1, 0.15) is 17.0 Å². The first-order valence-electron chi connectivity index (χ1n) is 8.26.